The molecule has 3 heteroatoms. The van der Waals surface area contributed by atoms with Gasteiger partial charge in [-0.2, -0.15) is 0 Å². The molecule has 1 rings (SSSR count). The molecule has 0 saturated carbocycles. The van der Waals surface area contributed by atoms with Crippen LogP contribution in [0.15, 0.2) is 24.3 Å². The second kappa shape index (κ2) is 4.74. The fourth-order valence-corrected chi connectivity index (χ4v) is 1.11. The lowest BCUT2D eigenvalue weighted by molar-refractivity contribution is -0.112. The topological polar surface area (TPSA) is 26.3 Å². The van der Waals surface area contributed by atoms with Crippen molar-refractivity contribution in [1.29, 1.82) is 0 Å². The van der Waals surface area contributed by atoms with Crippen LogP contribution < -0.4 is 4.74 Å². The zero-order chi connectivity index (χ0) is 10.6. The van der Waals surface area contributed by atoms with Crippen molar-refractivity contribution in [3.05, 3.63) is 29.8 Å². The first-order valence-corrected chi connectivity index (χ1v) is 4.49. The second-order valence-corrected chi connectivity index (χ2v) is 3.28. The highest BCUT2D eigenvalue weighted by Gasteiger charge is 2.08. The molecule has 1 aromatic carbocycles. The molecule has 0 spiro atoms. The average molecular weight is 196 g/mol. The van der Waals surface area contributed by atoms with Gasteiger partial charge in [-0.05, 0) is 31.5 Å². The molecule has 0 aromatic heterocycles. The van der Waals surface area contributed by atoms with Gasteiger partial charge < -0.3 is 4.74 Å². The van der Waals surface area contributed by atoms with Crippen LogP contribution in [-0.2, 0) is 4.79 Å². The van der Waals surface area contributed by atoms with Crippen LogP contribution in [0.2, 0.25) is 0 Å². The number of hydrogen-bond donors (Lipinski definition) is 0. The standard InChI is InChI=1S/C11H13FO2/c1-8(2)14-10-5-3-4-9(6-10)11(12)7-13/h3-8,11H,1-2H3. The minimum Gasteiger partial charge on any atom is -0.491 e. The van der Waals surface area contributed by atoms with Crippen LogP contribution in [0, 0.1) is 0 Å². The zero-order valence-corrected chi connectivity index (χ0v) is 8.24. The first kappa shape index (κ1) is 10.7. The molecule has 0 radical (unpaired) electrons. The first-order chi connectivity index (χ1) is 6.63. The van der Waals surface area contributed by atoms with Gasteiger partial charge in [-0.15, -0.1) is 0 Å². The van der Waals surface area contributed by atoms with Crippen molar-refractivity contribution in [1.82, 2.24) is 0 Å². The van der Waals surface area contributed by atoms with Gasteiger partial charge in [0, 0.05) is 0 Å². The molecule has 14 heavy (non-hydrogen) atoms. The van der Waals surface area contributed by atoms with E-state index in [0.29, 0.717) is 11.3 Å². The van der Waals surface area contributed by atoms with Crippen molar-refractivity contribution in [2.75, 3.05) is 0 Å². The molecule has 0 aliphatic rings. The summed E-state index contributed by atoms with van der Waals surface area (Å²) in [6.45, 7) is 3.78. The second-order valence-electron chi connectivity index (χ2n) is 3.28. The SMILES string of the molecule is CC(C)Oc1cccc(C(F)C=O)c1. The van der Waals surface area contributed by atoms with Crippen LogP contribution in [0.5, 0.6) is 5.75 Å². The Morgan fingerprint density at radius 3 is 2.71 bits per heavy atom. The van der Waals surface area contributed by atoms with E-state index in [-0.39, 0.29) is 12.4 Å². The number of ether oxygens (including phenoxy) is 1. The Balaban J connectivity index is 2.83. The van der Waals surface area contributed by atoms with Crippen LogP contribution in [-0.4, -0.2) is 12.4 Å². The van der Waals surface area contributed by atoms with Gasteiger partial charge in [0.25, 0.3) is 0 Å². The Morgan fingerprint density at radius 1 is 1.43 bits per heavy atom. The summed E-state index contributed by atoms with van der Waals surface area (Å²) in [6, 6.07) is 6.51. The van der Waals surface area contributed by atoms with E-state index in [4.69, 9.17) is 4.74 Å². The van der Waals surface area contributed by atoms with Crippen molar-refractivity contribution in [3.8, 4) is 5.75 Å². The quantitative estimate of drug-likeness (QED) is 0.692. The molecule has 1 aromatic rings. The molecule has 0 aliphatic heterocycles. The molecule has 1 unspecified atom stereocenters. The number of benzene rings is 1. The van der Waals surface area contributed by atoms with E-state index >= 15 is 0 Å². The predicted molar refractivity (Wildman–Crippen MR) is 52.1 cm³/mol. The van der Waals surface area contributed by atoms with Crippen LogP contribution in [0.1, 0.15) is 25.6 Å². The van der Waals surface area contributed by atoms with Gasteiger partial charge in [-0.25, -0.2) is 4.39 Å². The number of carbonyl (C=O) groups excluding carboxylic acids is 1. The summed E-state index contributed by atoms with van der Waals surface area (Å²) in [4.78, 5) is 10.2. The minimum absolute atomic E-state index is 0.0412. The maximum absolute atomic E-state index is 13.0. The van der Waals surface area contributed by atoms with Crippen molar-refractivity contribution < 1.29 is 13.9 Å². The molecule has 0 bridgehead atoms. The van der Waals surface area contributed by atoms with Crippen molar-refractivity contribution in [2.24, 2.45) is 0 Å². The molecule has 0 aliphatic carbocycles. The molecular weight excluding hydrogens is 183 g/mol. The highest BCUT2D eigenvalue weighted by atomic mass is 19.1. The maximum atomic E-state index is 13.0. The zero-order valence-electron chi connectivity index (χ0n) is 8.24. The molecular formula is C11H13FO2. The lowest BCUT2D eigenvalue weighted by Crippen LogP contribution is -2.05. The van der Waals surface area contributed by atoms with Gasteiger partial charge in [0.05, 0.1) is 6.10 Å². The highest BCUT2D eigenvalue weighted by molar-refractivity contribution is 5.60. The van der Waals surface area contributed by atoms with Crippen molar-refractivity contribution >= 4 is 6.29 Å². The van der Waals surface area contributed by atoms with Gasteiger partial charge in [-0.3, -0.25) is 4.79 Å². The first-order valence-electron chi connectivity index (χ1n) is 4.49. The average Bonchev–Trinajstić information content (AvgIpc) is 2.16. The Labute approximate surface area is 82.7 Å². The predicted octanol–water partition coefficient (Wildman–Crippen LogP) is 2.68. The summed E-state index contributed by atoms with van der Waals surface area (Å²) in [5.41, 5.74) is 0.332. The molecule has 2 nitrogen and oxygen atoms in total. The van der Waals surface area contributed by atoms with E-state index in [0.717, 1.165) is 0 Å². The number of hydrogen-bond acceptors (Lipinski definition) is 2. The van der Waals surface area contributed by atoms with Gasteiger partial charge in [-0.1, -0.05) is 12.1 Å². The summed E-state index contributed by atoms with van der Waals surface area (Å²) in [5, 5.41) is 0. The molecule has 0 heterocycles. The fraction of sp³-hybridized carbons (Fsp3) is 0.364. The molecule has 76 valence electrons. The van der Waals surface area contributed by atoms with Crippen LogP contribution in [0.4, 0.5) is 4.39 Å². The number of aldehydes is 1. The third-order valence-corrected chi connectivity index (χ3v) is 1.67. The Hall–Kier alpha value is -1.38. The summed E-state index contributed by atoms with van der Waals surface area (Å²) in [7, 11) is 0. The highest BCUT2D eigenvalue weighted by Crippen LogP contribution is 2.21. The summed E-state index contributed by atoms with van der Waals surface area (Å²) < 4.78 is 18.3. The van der Waals surface area contributed by atoms with E-state index < -0.39 is 6.17 Å². The number of halogens is 1. The molecule has 1 atom stereocenters. The van der Waals surface area contributed by atoms with Crippen molar-refractivity contribution in [2.45, 2.75) is 26.1 Å². The maximum Gasteiger partial charge on any atom is 0.180 e. The van der Waals surface area contributed by atoms with Gasteiger partial charge in [0.2, 0.25) is 0 Å². The minimum atomic E-state index is -1.56. The fourth-order valence-electron chi connectivity index (χ4n) is 1.11. The number of rotatable bonds is 4. The molecule has 0 fully saturated rings. The van der Waals surface area contributed by atoms with Gasteiger partial charge >= 0.3 is 0 Å². The summed E-state index contributed by atoms with van der Waals surface area (Å²) in [6.07, 6.45) is -1.25. The Kier molecular flexibility index (Phi) is 3.63. The third-order valence-electron chi connectivity index (χ3n) is 1.67. The lowest BCUT2D eigenvalue weighted by atomic mass is 10.1. The van der Waals surface area contributed by atoms with Crippen molar-refractivity contribution in [3.63, 3.8) is 0 Å². The molecule has 0 saturated heterocycles. The normalized spacial score (nSPS) is 12.6. The monoisotopic (exact) mass is 196 g/mol. The van der Waals surface area contributed by atoms with Gasteiger partial charge in [0.15, 0.2) is 12.5 Å². The van der Waals surface area contributed by atoms with E-state index in [1.165, 1.54) is 0 Å². The van der Waals surface area contributed by atoms with E-state index in [1.54, 1.807) is 24.3 Å². The van der Waals surface area contributed by atoms with E-state index in [9.17, 15) is 9.18 Å². The van der Waals surface area contributed by atoms with Crippen LogP contribution >= 0.6 is 0 Å². The summed E-state index contributed by atoms with van der Waals surface area (Å²) in [5.74, 6) is 0.585. The number of alkyl halides is 1. The Bertz CT molecular complexity index is 310. The lowest BCUT2D eigenvalue weighted by Gasteiger charge is -2.10. The largest absolute Gasteiger partial charge is 0.491 e. The van der Waals surface area contributed by atoms with Gasteiger partial charge in [0.1, 0.15) is 5.75 Å². The third kappa shape index (κ3) is 2.83. The summed E-state index contributed by atoms with van der Waals surface area (Å²) >= 11 is 0. The number of carbonyl (C=O) groups is 1. The van der Waals surface area contributed by atoms with Crippen LogP contribution in [0.3, 0.4) is 0 Å². The molecule has 0 amide bonds. The smallest absolute Gasteiger partial charge is 0.180 e. The Morgan fingerprint density at radius 2 is 2.14 bits per heavy atom. The van der Waals surface area contributed by atoms with Crippen LogP contribution in [0.25, 0.3) is 0 Å². The molecule has 0 N–H and O–H groups in total. The van der Waals surface area contributed by atoms with E-state index in [2.05, 4.69) is 0 Å². The van der Waals surface area contributed by atoms with E-state index in [1.807, 2.05) is 13.8 Å².